The Hall–Kier alpha value is -3.53. The Balaban J connectivity index is 0.00000352. The van der Waals surface area contributed by atoms with Crippen molar-refractivity contribution in [3.8, 4) is 0 Å². The fourth-order valence-corrected chi connectivity index (χ4v) is 3.82. The standard InChI is InChI=1S/C26H36N4O6.C2H6/c1-16(2)25(29-21(32)8-6-5-7-11-30-23(34)9-10-24(30)35)26(36)27-14-22(33)28-20-13-17(3)19(15-31)12-18(20)4;1-2/h9-10,12-13,16,25,31H,5-8,11,14-15H2,1-4H3,(H,27,36)(H,28,33)(H,29,32);1-2H3. The highest BCUT2D eigenvalue weighted by Gasteiger charge is 2.25. The van der Waals surface area contributed by atoms with Crippen molar-refractivity contribution in [1.82, 2.24) is 15.5 Å². The average Bonchev–Trinajstić information content (AvgIpc) is 3.20. The number of nitrogens with one attached hydrogen (secondary N) is 3. The minimum atomic E-state index is -0.788. The van der Waals surface area contributed by atoms with Crippen LogP contribution in [0, 0.1) is 19.8 Å². The molecular formula is C28H42N4O6. The highest BCUT2D eigenvalue weighted by atomic mass is 16.3. The maximum atomic E-state index is 12.7. The molecule has 1 aliphatic rings. The van der Waals surface area contributed by atoms with Crippen LogP contribution < -0.4 is 16.0 Å². The van der Waals surface area contributed by atoms with Gasteiger partial charge in [-0.15, -0.1) is 0 Å². The van der Waals surface area contributed by atoms with Crippen LogP contribution >= 0.6 is 0 Å². The van der Waals surface area contributed by atoms with Crippen LogP contribution in [0.3, 0.4) is 0 Å². The lowest BCUT2D eigenvalue weighted by atomic mass is 10.0. The quantitative estimate of drug-likeness (QED) is 0.228. The average molecular weight is 531 g/mol. The highest BCUT2D eigenvalue weighted by molar-refractivity contribution is 6.12. The summed E-state index contributed by atoms with van der Waals surface area (Å²) in [5.41, 5.74) is 3.03. The molecule has 0 aromatic heterocycles. The minimum Gasteiger partial charge on any atom is -0.392 e. The van der Waals surface area contributed by atoms with E-state index in [-0.39, 0.29) is 43.2 Å². The molecule has 210 valence electrons. The Kier molecular flexibility index (Phi) is 14.0. The monoisotopic (exact) mass is 530 g/mol. The molecule has 4 N–H and O–H groups in total. The molecule has 1 aromatic rings. The number of rotatable bonds is 13. The number of anilines is 1. The van der Waals surface area contributed by atoms with Crippen molar-refractivity contribution < 1.29 is 29.1 Å². The molecule has 5 amide bonds. The van der Waals surface area contributed by atoms with Crippen molar-refractivity contribution in [2.75, 3.05) is 18.4 Å². The molecule has 0 spiro atoms. The van der Waals surface area contributed by atoms with Gasteiger partial charge in [0.1, 0.15) is 6.04 Å². The lowest BCUT2D eigenvalue weighted by molar-refractivity contribution is -0.137. The number of aliphatic hydroxyl groups excluding tert-OH is 1. The molecule has 0 saturated heterocycles. The molecule has 1 atom stereocenters. The van der Waals surface area contributed by atoms with Gasteiger partial charge in [0.2, 0.25) is 17.7 Å². The zero-order valence-corrected chi connectivity index (χ0v) is 23.3. The van der Waals surface area contributed by atoms with E-state index >= 15 is 0 Å². The highest BCUT2D eigenvalue weighted by Crippen LogP contribution is 2.20. The van der Waals surface area contributed by atoms with Crippen LogP contribution in [0.15, 0.2) is 24.3 Å². The van der Waals surface area contributed by atoms with Crippen LogP contribution in [-0.2, 0) is 30.6 Å². The van der Waals surface area contributed by atoms with Crippen molar-refractivity contribution in [2.45, 2.75) is 79.9 Å². The van der Waals surface area contributed by atoms with Gasteiger partial charge < -0.3 is 21.1 Å². The van der Waals surface area contributed by atoms with Crippen molar-refractivity contribution in [1.29, 1.82) is 0 Å². The predicted molar refractivity (Wildman–Crippen MR) is 146 cm³/mol. The lowest BCUT2D eigenvalue weighted by Gasteiger charge is -2.22. The van der Waals surface area contributed by atoms with Gasteiger partial charge in [-0.05, 0) is 55.4 Å². The number of amides is 5. The first-order valence-corrected chi connectivity index (χ1v) is 13.1. The number of benzene rings is 1. The Bertz CT molecular complexity index is 1020. The molecule has 10 nitrogen and oxygen atoms in total. The van der Waals surface area contributed by atoms with Gasteiger partial charge in [-0.1, -0.05) is 40.2 Å². The molecule has 1 heterocycles. The van der Waals surface area contributed by atoms with Crippen molar-refractivity contribution in [3.05, 3.63) is 41.0 Å². The van der Waals surface area contributed by atoms with Gasteiger partial charge in [0.05, 0.1) is 13.2 Å². The number of nitrogens with zero attached hydrogens (tertiary/aromatic N) is 1. The summed E-state index contributed by atoms with van der Waals surface area (Å²) < 4.78 is 0. The molecule has 0 bridgehead atoms. The van der Waals surface area contributed by atoms with Gasteiger partial charge in [0.25, 0.3) is 11.8 Å². The third-order valence-corrected chi connectivity index (χ3v) is 6.00. The van der Waals surface area contributed by atoms with Crippen molar-refractivity contribution in [3.63, 3.8) is 0 Å². The van der Waals surface area contributed by atoms with Gasteiger partial charge in [-0.2, -0.15) is 0 Å². The Labute approximate surface area is 225 Å². The van der Waals surface area contributed by atoms with E-state index in [2.05, 4.69) is 16.0 Å². The summed E-state index contributed by atoms with van der Waals surface area (Å²) >= 11 is 0. The van der Waals surface area contributed by atoms with E-state index in [0.717, 1.165) is 16.7 Å². The normalized spacial score (nSPS) is 13.2. The van der Waals surface area contributed by atoms with E-state index in [9.17, 15) is 29.1 Å². The number of aliphatic hydroxyl groups is 1. The fraction of sp³-hybridized carbons (Fsp3) is 0.536. The van der Waals surface area contributed by atoms with E-state index < -0.39 is 17.9 Å². The van der Waals surface area contributed by atoms with E-state index in [0.29, 0.717) is 31.5 Å². The Morgan fingerprint density at radius 1 is 0.921 bits per heavy atom. The van der Waals surface area contributed by atoms with Crippen LogP contribution in [0.1, 0.15) is 70.1 Å². The number of aryl methyl sites for hydroxylation is 2. The molecule has 10 heteroatoms. The molecule has 1 aromatic carbocycles. The maximum absolute atomic E-state index is 12.7. The first-order chi connectivity index (χ1) is 18.0. The number of hydrogen-bond donors (Lipinski definition) is 4. The van der Waals surface area contributed by atoms with Crippen LogP contribution in [0.25, 0.3) is 0 Å². The predicted octanol–water partition coefficient (Wildman–Crippen LogP) is 2.50. The van der Waals surface area contributed by atoms with Crippen LogP contribution in [0.5, 0.6) is 0 Å². The Morgan fingerprint density at radius 2 is 1.55 bits per heavy atom. The molecule has 1 unspecified atom stereocenters. The van der Waals surface area contributed by atoms with E-state index in [1.54, 1.807) is 26.0 Å². The summed E-state index contributed by atoms with van der Waals surface area (Å²) in [7, 11) is 0. The third kappa shape index (κ3) is 10.1. The van der Waals surface area contributed by atoms with Gasteiger partial charge in [0, 0.05) is 30.8 Å². The molecule has 38 heavy (non-hydrogen) atoms. The molecule has 0 aliphatic carbocycles. The number of carbonyl (C=O) groups is 5. The minimum absolute atomic E-state index is 0.0857. The van der Waals surface area contributed by atoms with Gasteiger partial charge in [-0.3, -0.25) is 28.9 Å². The van der Waals surface area contributed by atoms with Crippen LogP contribution in [0.2, 0.25) is 0 Å². The Morgan fingerprint density at radius 3 is 2.13 bits per heavy atom. The van der Waals surface area contributed by atoms with E-state index in [4.69, 9.17) is 0 Å². The second-order valence-electron chi connectivity index (χ2n) is 9.28. The van der Waals surface area contributed by atoms with Gasteiger partial charge in [0.15, 0.2) is 0 Å². The summed E-state index contributed by atoms with van der Waals surface area (Å²) in [6.07, 6.45) is 4.50. The van der Waals surface area contributed by atoms with Crippen LogP contribution in [0.4, 0.5) is 5.69 Å². The van der Waals surface area contributed by atoms with E-state index in [1.165, 1.54) is 17.1 Å². The topological polar surface area (TPSA) is 145 Å². The molecule has 1 aliphatic heterocycles. The van der Waals surface area contributed by atoms with Crippen LogP contribution in [-0.4, -0.2) is 58.7 Å². The molecule has 2 rings (SSSR count). The molecular weight excluding hydrogens is 488 g/mol. The summed E-state index contributed by atoms with van der Waals surface area (Å²) in [5, 5.41) is 17.4. The molecule has 0 saturated carbocycles. The van der Waals surface area contributed by atoms with Gasteiger partial charge >= 0.3 is 0 Å². The first kappa shape index (κ1) is 32.5. The van der Waals surface area contributed by atoms with Gasteiger partial charge in [-0.25, -0.2) is 0 Å². The summed E-state index contributed by atoms with van der Waals surface area (Å²) in [5.74, 6) is -1.95. The number of hydrogen-bond acceptors (Lipinski definition) is 6. The summed E-state index contributed by atoms with van der Waals surface area (Å²) in [4.78, 5) is 61.6. The molecule has 0 fully saturated rings. The zero-order valence-electron chi connectivity index (χ0n) is 23.3. The molecule has 0 radical (unpaired) electrons. The number of unbranched alkanes of at least 4 members (excludes halogenated alkanes) is 2. The third-order valence-electron chi connectivity index (χ3n) is 6.00. The lowest BCUT2D eigenvalue weighted by Crippen LogP contribution is -2.51. The second kappa shape index (κ2) is 16.3. The van der Waals surface area contributed by atoms with E-state index in [1.807, 2.05) is 27.7 Å². The summed E-state index contributed by atoms with van der Waals surface area (Å²) in [6.45, 7) is 11.2. The number of carbonyl (C=O) groups excluding carboxylic acids is 5. The second-order valence-corrected chi connectivity index (χ2v) is 9.28. The van der Waals surface area contributed by atoms with Crippen molar-refractivity contribution >= 4 is 35.2 Å². The number of imide groups is 1. The zero-order chi connectivity index (χ0) is 28.8. The summed E-state index contributed by atoms with van der Waals surface area (Å²) in [6, 6.07) is 2.79. The largest absolute Gasteiger partial charge is 0.392 e. The van der Waals surface area contributed by atoms with Crippen molar-refractivity contribution in [2.24, 2.45) is 5.92 Å². The smallest absolute Gasteiger partial charge is 0.253 e. The first-order valence-electron chi connectivity index (χ1n) is 13.1. The SMILES string of the molecule is CC.Cc1cc(NC(=O)CNC(=O)C(NC(=O)CCCCCN2C(=O)C=CC2=O)C(C)C)c(C)cc1CO. The maximum Gasteiger partial charge on any atom is 0.253 e. The fourth-order valence-electron chi connectivity index (χ4n) is 3.82.